The molecule has 0 fully saturated rings. The number of benzene rings is 1. The lowest BCUT2D eigenvalue weighted by molar-refractivity contribution is 0.346. The molecule has 1 aromatic carbocycles. The summed E-state index contributed by atoms with van der Waals surface area (Å²) in [6.45, 7) is 9.74. The van der Waals surface area contributed by atoms with Gasteiger partial charge in [-0.3, -0.25) is 0 Å². The molecule has 2 heteroatoms. The lowest BCUT2D eigenvalue weighted by Gasteiger charge is -2.25. The van der Waals surface area contributed by atoms with Gasteiger partial charge in [-0.2, -0.15) is 0 Å². The van der Waals surface area contributed by atoms with Gasteiger partial charge in [0.15, 0.2) is 0 Å². The van der Waals surface area contributed by atoms with Crippen molar-refractivity contribution >= 4 is 0 Å². The molecule has 2 atom stereocenters. The van der Waals surface area contributed by atoms with Crippen molar-refractivity contribution in [3.05, 3.63) is 29.3 Å². The number of nitrogens with one attached hydrogen (secondary N) is 1. The zero-order valence-corrected chi connectivity index (χ0v) is 11.3. The van der Waals surface area contributed by atoms with Gasteiger partial charge in [0.1, 0.15) is 5.75 Å². The molecule has 1 aliphatic heterocycles. The molecule has 0 aromatic heterocycles. The van der Waals surface area contributed by atoms with E-state index < -0.39 is 0 Å². The summed E-state index contributed by atoms with van der Waals surface area (Å²) < 4.78 is 5.78. The second-order valence-corrected chi connectivity index (χ2v) is 5.33. The van der Waals surface area contributed by atoms with Gasteiger partial charge in [0.05, 0.1) is 6.61 Å². The minimum Gasteiger partial charge on any atom is -0.493 e. The molecular formula is C15H23NO. The zero-order valence-electron chi connectivity index (χ0n) is 11.3. The maximum atomic E-state index is 5.78. The molecule has 0 radical (unpaired) electrons. The third kappa shape index (κ3) is 2.63. The van der Waals surface area contributed by atoms with E-state index in [0.29, 0.717) is 18.0 Å². The molecule has 2 unspecified atom stereocenters. The molecule has 94 valence electrons. The van der Waals surface area contributed by atoms with Gasteiger partial charge in [0, 0.05) is 18.5 Å². The van der Waals surface area contributed by atoms with E-state index in [1.54, 1.807) is 0 Å². The topological polar surface area (TPSA) is 21.3 Å². The first-order chi connectivity index (χ1) is 8.09. The Labute approximate surface area is 104 Å². The Hall–Kier alpha value is -1.02. The van der Waals surface area contributed by atoms with Gasteiger partial charge in [-0.25, -0.2) is 0 Å². The average Bonchev–Trinajstić information content (AvgIpc) is 2.74. The van der Waals surface area contributed by atoms with Gasteiger partial charge >= 0.3 is 0 Å². The number of hydrogen-bond acceptors (Lipinski definition) is 2. The van der Waals surface area contributed by atoms with Crippen LogP contribution in [0.4, 0.5) is 0 Å². The molecular weight excluding hydrogens is 210 g/mol. The molecule has 1 aliphatic rings. The first-order valence-corrected chi connectivity index (χ1v) is 6.60. The number of para-hydroxylation sites is 1. The van der Waals surface area contributed by atoms with E-state index in [-0.39, 0.29) is 0 Å². The fourth-order valence-corrected chi connectivity index (χ4v) is 2.54. The molecule has 1 heterocycles. The Morgan fingerprint density at radius 2 is 1.94 bits per heavy atom. The Balaban J connectivity index is 2.19. The predicted molar refractivity (Wildman–Crippen MR) is 71.8 cm³/mol. The molecule has 0 spiro atoms. The largest absolute Gasteiger partial charge is 0.493 e. The van der Waals surface area contributed by atoms with Crippen LogP contribution in [-0.2, 0) is 6.42 Å². The monoisotopic (exact) mass is 233 g/mol. The highest BCUT2D eigenvalue weighted by Crippen LogP contribution is 2.35. The van der Waals surface area contributed by atoms with E-state index >= 15 is 0 Å². The van der Waals surface area contributed by atoms with Crippen LogP contribution in [-0.4, -0.2) is 18.7 Å². The third-order valence-corrected chi connectivity index (χ3v) is 3.58. The van der Waals surface area contributed by atoms with Crippen molar-refractivity contribution in [3.63, 3.8) is 0 Å². The molecule has 0 amide bonds. The fourth-order valence-electron chi connectivity index (χ4n) is 2.54. The lowest BCUT2D eigenvalue weighted by atomic mass is 9.91. The fraction of sp³-hybridized carbons (Fsp3) is 0.600. The molecule has 2 nitrogen and oxygen atoms in total. The van der Waals surface area contributed by atoms with Crippen molar-refractivity contribution in [2.75, 3.05) is 6.61 Å². The van der Waals surface area contributed by atoms with Gasteiger partial charge < -0.3 is 10.1 Å². The van der Waals surface area contributed by atoms with E-state index in [2.05, 4.69) is 51.2 Å². The highest BCUT2D eigenvalue weighted by molar-refractivity contribution is 5.46. The number of fused-ring (bicyclic) bond motifs is 1. The van der Waals surface area contributed by atoms with Crippen LogP contribution in [0.25, 0.3) is 0 Å². The van der Waals surface area contributed by atoms with E-state index in [9.17, 15) is 0 Å². The van der Waals surface area contributed by atoms with Crippen LogP contribution in [0.5, 0.6) is 5.75 Å². The first-order valence-electron chi connectivity index (χ1n) is 6.60. The summed E-state index contributed by atoms with van der Waals surface area (Å²) in [7, 11) is 0. The molecule has 0 bridgehead atoms. The highest BCUT2D eigenvalue weighted by atomic mass is 16.5. The van der Waals surface area contributed by atoms with Gasteiger partial charge in [-0.1, -0.05) is 39.0 Å². The van der Waals surface area contributed by atoms with E-state index in [1.165, 1.54) is 11.1 Å². The van der Waals surface area contributed by atoms with Crippen LogP contribution in [0.1, 0.15) is 44.7 Å². The summed E-state index contributed by atoms with van der Waals surface area (Å²) >= 11 is 0. The quantitative estimate of drug-likeness (QED) is 0.862. The first kappa shape index (κ1) is 12.4. The molecule has 0 saturated heterocycles. The van der Waals surface area contributed by atoms with Gasteiger partial charge in [0.25, 0.3) is 0 Å². The number of hydrogen-bond donors (Lipinski definition) is 1. The van der Waals surface area contributed by atoms with Gasteiger partial charge in [-0.15, -0.1) is 0 Å². The summed E-state index contributed by atoms with van der Waals surface area (Å²) in [6.07, 6.45) is 1.06. The SMILES string of the molecule is CC(C)NC(C)C(C)c1cccc2c1OCC2. The molecule has 2 rings (SSSR count). The molecule has 1 aromatic rings. The highest BCUT2D eigenvalue weighted by Gasteiger charge is 2.23. The van der Waals surface area contributed by atoms with Crippen LogP contribution in [0, 0.1) is 0 Å². The van der Waals surface area contributed by atoms with Crippen LogP contribution in [0.3, 0.4) is 0 Å². The minimum absolute atomic E-state index is 0.464. The number of ether oxygens (including phenoxy) is 1. The molecule has 0 aliphatic carbocycles. The Morgan fingerprint density at radius 3 is 2.65 bits per heavy atom. The Kier molecular flexibility index (Phi) is 3.72. The van der Waals surface area contributed by atoms with Crippen molar-refractivity contribution in [1.82, 2.24) is 5.32 Å². The standard InChI is InChI=1S/C15H23NO/c1-10(2)16-12(4)11(3)14-7-5-6-13-8-9-17-15(13)14/h5-7,10-12,16H,8-9H2,1-4H3. The number of rotatable bonds is 4. The van der Waals surface area contributed by atoms with Crippen LogP contribution in [0.2, 0.25) is 0 Å². The van der Waals surface area contributed by atoms with Crippen LogP contribution in [0.15, 0.2) is 18.2 Å². The maximum absolute atomic E-state index is 5.78. The van der Waals surface area contributed by atoms with E-state index in [0.717, 1.165) is 18.8 Å². The zero-order chi connectivity index (χ0) is 12.4. The van der Waals surface area contributed by atoms with Crippen molar-refractivity contribution in [1.29, 1.82) is 0 Å². The average molecular weight is 233 g/mol. The minimum atomic E-state index is 0.464. The smallest absolute Gasteiger partial charge is 0.126 e. The predicted octanol–water partition coefficient (Wildman–Crippen LogP) is 3.11. The normalized spacial score (nSPS) is 17.7. The summed E-state index contributed by atoms with van der Waals surface area (Å²) in [5.41, 5.74) is 2.71. The maximum Gasteiger partial charge on any atom is 0.126 e. The molecule has 1 N–H and O–H groups in total. The summed E-state index contributed by atoms with van der Waals surface area (Å²) in [6, 6.07) is 7.52. The van der Waals surface area contributed by atoms with Crippen molar-refractivity contribution in [2.45, 2.75) is 52.1 Å². The summed E-state index contributed by atoms with van der Waals surface area (Å²) in [5.74, 6) is 1.61. The van der Waals surface area contributed by atoms with Gasteiger partial charge in [-0.05, 0) is 24.0 Å². The van der Waals surface area contributed by atoms with Crippen LogP contribution >= 0.6 is 0 Å². The van der Waals surface area contributed by atoms with Crippen molar-refractivity contribution in [2.24, 2.45) is 0 Å². The third-order valence-electron chi connectivity index (χ3n) is 3.58. The lowest BCUT2D eigenvalue weighted by Crippen LogP contribution is -2.36. The summed E-state index contributed by atoms with van der Waals surface area (Å²) in [4.78, 5) is 0. The Bertz CT molecular complexity index is 387. The molecule has 0 saturated carbocycles. The second-order valence-electron chi connectivity index (χ2n) is 5.33. The van der Waals surface area contributed by atoms with Crippen LogP contribution < -0.4 is 10.1 Å². The van der Waals surface area contributed by atoms with Crippen molar-refractivity contribution < 1.29 is 4.74 Å². The van der Waals surface area contributed by atoms with E-state index in [4.69, 9.17) is 4.74 Å². The molecule has 17 heavy (non-hydrogen) atoms. The summed E-state index contributed by atoms with van der Waals surface area (Å²) in [5, 5.41) is 3.58. The Morgan fingerprint density at radius 1 is 1.18 bits per heavy atom. The van der Waals surface area contributed by atoms with E-state index in [1.807, 2.05) is 0 Å². The van der Waals surface area contributed by atoms with Gasteiger partial charge in [0.2, 0.25) is 0 Å². The second kappa shape index (κ2) is 5.09. The van der Waals surface area contributed by atoms with Crippen molar-refractivity contribution in [3.8, 4) is 5.75 Å².